The summed E-state index contributed by atoms with van der Waals surface area (Å²) >= 11 is 1.44. The third-order valence-electron chi connectivity index (χ3n) is 3.89. The van der Waals surface area contributed by atoms with Crippen LogP contribution in [0.4, 0.5) is 16.8 Å². The first-order chi connectivity index (χ1) is 11.8. The first-order valence-electron chi connectivity index (χ1n) is 7.71. The summed E-state index contributed by atoms with van der Waals surface area (Å²) in [5.41, 5.74) is 2.67. The highest BCUT2D eigenvalue weighted by atomic mass is 32.1. The van der Waals surface area contributed by atoms with Gasteiger partial charge in [0.05, 0.1) is 17.9 Å². The average Bonchev–Trinajstić information content (AvgIpc) is 3.26. The molecule has 4 rings (SSSR count). The van der Waals surface area contributed by atoms with E-state index >= 15 is 0 Å². The van der Waals surface area contributed by atoms with Crippen LogP contribution in [0.5, 0.6) is 0 Å². The third kappa shape index (κ3) is 3.02. The molecule has 8 nitrogen and oxygen atoms in total. The molecule has 0 spiro atoms. The first kappa shape index (κ1) is 14.9. The Morgan fingerprint density at radius 3 is 3.04 bits per heavy atom. The first-order valence-corrected chi connectivity index (χ1v) is 8.59. The maximum absolute atomic E-state index is 4.65. The quantitative estimate of drug-likeness (QED) is 0.774. The summed E-state index contributed by atoms with van der Waals surface area (Å²) in [4.78, 5) is 20.0. The molecule has 1 N–H and O–H groups in total. The minimum atomic E-state index is 0.179. The lowest BCUT2D eigenvalue weighted by Gasteiger charge is -2.25. The fourth-order valence-electron chi connectivity index (χ4n) is 2.95. The van der Waals surface area contributed by atoms with Crippen molar-refractivity contribution in [2.45, 2.75) is 25.8 Å². The van der Waals surface area contributed by atoms with Gasteiger partial charge in [-0.1, -0.05) is 11.3 Å². The zero-order valence-electron chi connectivity index (χ0n) is 13.1. The van der Waals surface area contributed by atoms with Gasteiger partial charge in [-0.25, -0.2) is 15.0 Å². The van der Waals surface area contributed by atoms with Gasteiger partial charge in [-0.3, -0.25) is 4.98 Å². The molecule has 1 fully saturated rings. The molecule has 0 saturated carbocycles. The van der Waals surface area contributed by atoms with Gasteiger partial charge in [-0.2, -0.15) is 0 Å². The largest absolute Gasteiger partial charge is 0.347 e. The van der Waals surface area contributed by atoms with Crippen LogP contribution < -0.4 is 10.2 Å². The zero-order valence-corrected chi connectivity index (χ0v) is 13.9. The fraction of sp³-hybridized carbons (Fsp3) is 0.333. The molecule has 4 heterocycles. The highest BCUT2D eigenvalue weighted by molar-refractivity contribution is 7.13. The van der Waals surface area contributed by atoms with Gasteiger partial charge >= 0.3 is 0 Å². The van der Waals surface area contributed by atoms with Crippen LogP contribution in [0.1, 0.15) is 30.4 Å². The molecule has 24 heavy (non-hydrogen) atoms. The van der Waals surface area contributed by atoms with E-state index in [-0.39, 0.29) is 6.04 Å². The van der Waals surface area contributed by atoms with Crippen molar-refractivity contribution < 1.29 is 0 Å². The predicted octanol–water partition coefficient (Wildman–Crippen LogP) is 2.51. The van der Waals surface area contributed by atoms with E-state index in [1.165, 1.54) is 11.3 Å². The minimum Gasteiger partial charge on any atom is -0.347 e. The van der Waals surface area contributed by atoms with E-state index in [4.69, 9.17) is 0 Å². The second kappa shape index (κ2) is 6.44. The Morgan fingerprint density at radius 1 is 1.29 bits per heavy atom. The summed E-state index contributed by atoms with van der Waals surface area (Å²) < 4.78 is 0. The molecule has 3 aromatic rings. The van der Waals surface area contributed by atoms with Gasteiger partial charge in [0.1, 0.15) is 23.0 Å². The van der Waals surface area contributed by atoms with Crippen LogP contribution in [0.3, 0.4) is 0 Å². The third-order valence-corrected chi connectivity index (χ3v) is 4.50. The van der Waals surface area contributed by atoms with Crippen molar-refractivity contribution in [1.29, 1.82) is 0 Å². The number of aromatic nitrogens is 6. The Bertz CT molecular complexity index is 808. The molecule has 0 bridgehead atoms. The van der Waals surface area contributed by atoms with Crippen molar-refractivity contribution in [2.75, 3.05) is 16.8 Å². The molecule has 1 atom stereocenters. The number of hydrogen-bond acceptors (Lipinski definition) is 9. The lowest BCUT2D eigenvalue weighted by atomic mass is 10.1. The molecule has 0 radical (unpaired) electrons. The SMILES string of the molecule is Cc1nc(Nc2nncs2)cc(C2CCCN2c2cnccn2)n1. The molecule has 122 valence electrons. The van der Waals surface area contributed by atoms with Crippen molar-refractivity contribution in [1.82, 2.24) is 30.1 Å². The summed E-state index contributed by atoms with van der Waals surface area (Å²) in [5, 5.41) is 11.7. The van der Waals surface area contributed by atoms with Crippen molar-refractivity contribution in [3.05, 3.63) is 41.7 Å². The Labute approximate surface area is 143 Å². The van der Waals surface area contributed by atoms with Gasteiger partial charge in [-0.05, 0) is 19.8 Å². The summed E-state index contributed by atoms with van der Waals surface area (Å²) in [5.74, 6) is 2.35. The summed E-state index contributed by atoms with van der Waals surface area (Å²) in [6.07, 6.45) is 7.34. The van der Waals surface area contributed by atoms with Crippen LogP contribution >= 0.6 is 11.3 Å². The van der Waals surface area contributed by atoms with Gasteiger partial charge in [0.25, 0.3) is 0 Å². The van der Waals surface area contributed by atoms with Crippen molar-refractivity contribution >= 4 is 28.1 Å². The van der Waals surface area contributed by atoms with Crippen LogP contribution in [0.15, 0.2) is 30.2 Å². The minimum absolute atomic E-state index is 0.179. The molecule has 0 amide bonds. The van der Waals surface area contributed by atoms with Gasteiger partial charge in [0, 0.05) is 25.0 Å². The van der Waals surface area contributed by atoms with Crippen LogP contribution in [0.2, 0.25) is 0 Å². The molecule has 1 saturated heterocycles. The molecule has 1 unspecified atom stereocenters. The van der Waals surface area contributed by atoms with E-state index in [1.807, 2.05) is 13.0 Å². The smallest absolute Gasteiger partial charge is 0.210 e. The van der Waals surface area contributed by atoms with Crippen molar-refractivity contribution in [3.63, 3.8) is 0 Å². The maximum Gasteiger partial charge on any atom is 0.210 e. The highest BCUT2D eigenvalue weighted by Gasteiger charge is 2.29. The molecule has 1 aliphatic rings. The predicted molar refractivity (Wildman–Crippen MR) is 91.3 cm³/mol. The molecular formula is C15H16N8S. The summed E-state index contributed by atoms with van der Waals surface area (Å²) in [7, 11) is 0. The van der Waals surface area contributed by atoms with Crippen LogP contribution in [-0.2, 0) is 0 Å². The molecule has 1 aliphatic heterocycles. The van der Waals surface area contributed by atoms with Gasteiger partial charge in [-0.15, -0.1) is 10.2 Å². The zero-order chi connectivity index (χ0) is 16.4. The standard InChI is InChI=1S/C15H16N8S/c1-10-19-11(7-13(20-10)21-15-22-18-9-24-15)12-3-2-6-23(12)14-8-16-4-5-17-14/h4-5,7-9,12H,2-3,6H2,1H3,(H,19,20,21,22). The van der Waals surface area contributed by atoms with Gasteiger partial charge < -0.3 is 10.2 Å². The second-order valence-corrected chi connectivity index (χ2v) is 6.34. The highest BCUT2D eigenvalue weighted by Crippen LogP contribution is 2.34. The van der Waals surface area contributed by atoms with E-state index in [1.54, 1.807) is 24.1 Å². The number of hydrogen-bond donors (Lipinski definition) is 1. The maximum atomic E-state index is 4.65. The molecular weight excluding hydrogens is 324 g/mol. The molecule has 3 aromatic heterocycles. The van der Waals surface area contributed by atoms with Crippen molar-refractivity contribution in [2.24, 2.45) is 0 Å². The number of rotatable bonds is 4. The van der Waals surface area contributed by atoms with Gasteiger partial charge in [0.2, 0.25) is 5.13 Å². The van der Waals surface area contributed by atoms with E-state index in [2.05, 4.69) is 40.3 Å². The normalized spacial score (nSPS) is 17.2. The Kier molecular flexibility index (Phi) is 3.99. The van der Waals surface area contributed by atoms with Gasteiger partial charge in [0.15, 0.2) is 0 Å². The Hall–Kier alpha value is -2.68. The molecule has 0 aliphatic carbocycles. The van der Waals surface area contributed by atoms with Crippen molar-refractivity contribution in [3.8, 4) is 0 Å². The van der Waals surface area contributed by atoms with Crippen LogP contribution in [0, 0.1) is 6.92 Å². The van der Waals surface area contributed by atoms with E-state index in [9.17, 15) is 0 Å². The lowest BCUT2D eigenvalue weighted by molar-refractivity contribution is 0.680. The fourth-order valence-corrected chi connectivity index (χ4v) is 3.40. The number of nitrogens with zero attached hydrogens (tertiary/aromatic N) is 7. The topological polar surface area (TPSA) is 92.6 Å². The Balaban J connectivity index is 1.64. The van der Waals surface area contributed by atoms with E-state index < -0.39 is 0 Å². The summed E-state index contributed by atoms with van der Waals surface area (Å²) in [6.45, 7) is 2.85. The number of aryl methyl sites for hydroxylation is 1. The lowest BCUT2D eigenvalue weighted by Crippen LogP contribution is -2.24. The second-order valence-electron chi connectivity index (χ2n) is 5.51. The Morgan fingerprint density at radius 2 is 2.25 bits per heavy atom. The van der Waals surface area contributed by atoms with E-state index in [0.29, 0.717) is 0 Å². The van der Waals surface area contributed by atoms with Crippen LogP contribution in [0.25, 0.3) is 0 Å². The van der Waals surface area contributed by atoms with E-state index in [0.717, 1.165) is 47.7 Å². The number of nitrogens with one attached hydrogen (secondary N) is 1. The molecule has 0 aromatic carbocycles. The summed E-state index contributed by atoms with van der Waals surface area (Å²) in [6, 6.07) is 2.16. The van der Waals surface area contributed by atoms with Crippen LogP contribution in [-0.4, -0.2) is 36.7 Å². The molecule has 9 heteroatoms. The number of anilines is 3. The average molecular weight is 340 g/mol. The monoisotopic (exact) mass is 340 g/mol.